The third kappa shape index (κ3) is 3.08. The molecule has 0 amide bonds. The number of hydrazine groups is 1. The molecule has 3 rings (SSSR count). The second-order valence-electron chi connectivity index (χ2n) is 5.33. The first kappa shape index (κ1) is 13.7. The summed E-state index contributed by atoms with van der Waals surface area (Å²) in [7, 11) is 0. The van der Waals surface area contributed by atoms with Crippen LogP contribution >= 0.6 is 0 Å². The van der Waals surface area contributed by atoms with Crippen molar-refractivity contribution in [3.8, 4) is 0 Å². The molecule has 0 atom stereocenters. The number of aryl methyl sites for hydroxylation is 1. The average Bonchev–Trinajstić information content (AvgIpc) is 3.32. The van der Waals surface area contributed by atoms with Crippen LogP contribution in [-0.2, 0) is 6.54 Å². The fourth-order valence-corrected chi connectivity index (χ4v) is 2.06. The first-order valence-electron chi connectivity index (χ1n) is 7.04. The van der Waals surface area contributed by atoms with Crippen molar-refractivity contribution in [2.75, 3.05) is 10.7 Å². The summed E-state index contributed by atoms with van der Waals surface area (Å²) in [4.78, 5) is 17.6. The lowest BCUT2D eigenvalue weighted by Crippen LogP contribution is -2.15. The number of hydrogen-bond acceptors (Lipinski definition) is 7. The lowest BCUT2D eigenvalue weighted by molar-refractivity contribution is 0.902. The quantitative estimate of drug-likeness (QED) is 0.567. The molecular formula is C14H19N7. The molecule has 21 heavy (non-hydrogen) atoms. The van der Waals surface area contributed by atoms with Gasteiger partial charge in [0.15, 0.2) is 0 Å². The number of nitrogens with two attached hydrogens (primary N) is 1. The van der Waals surface area contributed by atoms with Gasteiger partial charge in [0.05, 0.1) is 24.1 Å². The van der Waals surface area contributed by atoms with E-state index in [1.807, 2.05) is 13.8 Å². The highest BCUT2D eigenvalue weighted by atomic mass is 15.3. The second kappa shape index (κ2) is 5.61. The first-order valence-corrected chi connectivity index (χ1v) is 7.04. The fourth-order valence-electron chi connectivity index (χ4n) is 2.06. The van der Waals surface area contributed by atoms with Crippen LogP contribution in [0.3, 0.4) is 0 Å². The van der Waals surface area contributed by atoms with Gasteiger partial charge in [0, 0.05) is 17.7 Å². The molecule has 1 saturated carbocycles. The molecule has 0 radical (unpaired) electrons. The lowest BCUT2D eigenvalue weighted by atomic mass is 10.2. The van der Waals surface area contributed by atoms with Crippen molar-refractivity contribution in [1.29, 1.82) is 0 Å². The number of nitrogens with one attached hydrogen (secondary N) is 2. The molecule has 0 bridgehead atoms. The van der Waals surface area contributed by atoms with Gasteiger partial charge in [0.1, 0.15) is 17.5 Å². The highest BCUT2D eigenvalue weighted by Crippen LogP contribution is 2.39. The Morgan fingerprint density at radius 3 is 2.52 bits per heavy atom. The molecule has 2 aromatic heterocycles. The predicted octanol–water partition coefficient (Wildman–Crippen LogP) is 1.66. The van der Waals surface area contributed by atoms with E-state index < -0.39 is 0 Å². The topological polar surface area (TPSA) is 102 Å². The van der Waals surface area contributed by atoms with Gasteiger partial charge in [-0.05, 0) is 26.7 Å². The molecule has 0 aromatic carbocycles. The molecule has 0 aliphatic heterocycles. The molecule has 110 valence electrons. The molecule has 0 spiro atoms. The first-order chi connectivity index (χ1) is 10.2. The maximum absolute atomic E-state index is 5.54. The minimum atomic E-state index is 0.470. The summed E-state index contributed by atoms with van der Waals surface area (Å²) < 4.78 is 0. The van der Waals surface area contributed by atoms with Crippen molar-refractivity contribution >= 4 is 11.6 Å². The van der Waals surface area contributed by atoms with E-state index in [0.29, 0.717) is 18.3 Å². The maximum atomic E-state index is 5.54. The van der Waals surface area contributed by atoms with Crippen LogP contribution in [-0.4, -0.2) is 19.9 Å². The van der Waals surface area contributed by atoms with Gasteiger partial charge < -0.3 is 10.7 Å². The second-order valence-corrected chi connectivity index (χ2v) is 5.33. The van der Waals surface area contributed by atoms with Crippen LogP contribution in [0.25, 0.3) is 0 Å². The van der Waals surface area contributed by atoms with Gasteiger partial charge in [-0.15, -0.1) is 0 Å². The van der Waals surface area contributed by atoms with Crippen LogP contribution in [0.15, 0.2) is 12.4 Å². The van der Waals surface area contributed by atoms with Gasteiger partial charge >= 0.3 is 0 Å². The summed E-state index contributed by atoms with van der Waals surface area (Å²) in [5, 5.41) is 3.30. The number of rotatable bonds is 5. The third-order valence-corrected chi connectivity index (χ3v) is 3.51. The van der Waals surface area contributed by atoms with E-state index in [0.717, 1.165) is 41.4 Å². The third-order valence-electron chi connectivity index (χ3n) is 3.51. The Labute approximate surface area is 123 Å². The lowest BCUT2D eigenvalue weighted by Gasteiger charge is -2.13. The van der Waals surface area contributed by atoms with Crippen LogP contribution in [0, 0.1) is 13.8 Å². The van der Waals surface area contributed by atoms with Gasteiger partial charge in [-0.25, -0.2) is 15.8 Å². The normalized spacial score (nSPS) is 14.0. The maximum Gasteiger partial charge on any atom is 0.148 e. The largest absolute Gasteiger partial charge is 0.364 e. The molecule has 4 N–H and O–H groups in total. The van der Waals surface area contributed by atoms with Crippen molar-refractivity contribution in [1.82, 2.24) is 19.9 Å². The van der Waals surface area contributed by atoms with Gasteiger partial charge in [-0.3, -0.25) is 9.97 Å². The Kier molecular flexibility index (Phi) is 3.66. The van der Waals surface area contributed by atoms with Crippen LogP contribution in [0.1, 0.15) is 41.5 Å². The van der Waals surface area contributed by atoms with Gasteiger partial charge in [-0.2, -0.15) is 0 Å². The summed E-state index contributed by atoms with van der Waals surface area (Å²) in [5.74, 6) is 8.33. The Morgan fingerprint density at radius 1 is 1.14 bits per heavy atom. The van der Waals surface area contributed by atoms with Crippen LogP contribution in [0.5, 0.6) is 0 Å². The van der Waals surface area contributed by atoms with E-state index in [9.17, 15) is 0 Å². The summed E-state index contributed by atoms with van der Waals surface area (Å²) >= 11 is 0. The van der Waals surface area contributed by atoms with E-state index in [-0.39, 0.29) is 0 Å². The Bertz CT molecular complexity index is 635. The minimum Gasteiger partial charge on any atom is -0.364 e. The number of aromatic nitrogens is 4. The number of anilines is 2. The highest BCUT2D eigenvalue weighted by Gasteiger charge is 2.28. The molecule has 1 aliphatic rings. The van der Waals surface area contributed by atoms with Crippen molar-refractivity contribution in [2.45, 2.75) is 39.2 Å². The van der Waals surface area contributed by atoms with E-state index >= 15 is 0 Å². The summed E-state index contributed by atoms with van der Waals surface area (Å²) in [5.41, 5.74) is 5.32. The SMILES string of the molecule is Cc1cnc(CNc2nc(C3CC3)nc(NN)c2C)cn1. The van der Waals surface area contributed by atoms with Gasteiger partial charge in [-0.1, -0.05) is 0 Å². The zero-order chi connectivity index (χ0) is 14.8. The summed E-state index contributed by atoms with van der Waals surface area (Å²) in [6.07, 6.45) is 5.82. The molecule has 0 unspecified atom stereocenters. The van der Waals surface area contributed by atoms with Crippen LogP contribution < -0.4 is 16.6 Å². The van der Waals surface area contributed by atoms with E-state index in [4.69, 9.17) is 5.84 Å². The predicted molar refractivity (Wildman–Crippen MR) is 80.6 cm³/mol. The Hall–Kier alpha value is -2.28. The summed E-state index contributed by atoms with van der Waals surface area (Å²) in [6.45, 7) is 4.42. The number of nitrogens with zero attached hydrogens (tertiary/aromatic N) is 4. The molecule has 1 aliphatic carbocycles. The molecule has 7 nitrogen and oxygen atoms in total. The fraction of sp³-hybridized carbons (Fsp3) is 0.429. The Morgan fingerprint density at radius 2 is 1.90 bits per heavy atom. The molecule has 1 fully saturated rings. The standard InChI is InChI=1S/C14H19N7/c1-8-5-17-11(6-16-8)7-18-12-9(2)13(21-15)20-14(19-12)10-3-4-10/h5-6,10H,3-4,7,15H2,1-2H3,(H2,18,19,20,21). The number of hydrogen-bond donors (Lipinski definition) is 3. The number of nitrogen functional groups attached to an aromatic ring is 1. The van der Waals surface area contributed by atoms with Crippen LogP contribution in [0.2, 0.25) is 0 Å². The highest BCUT2D eigenvalue weighted by molar-refractivity contribution is 5.57. The van der Waals surface area contributed by atoms with Crippen molar-refractivity contribution in [2.24, 2.45) is 5.84 Å². The molecule has 2 heterocycles. The van der Waals surface area contributed by atoms with Gasteiger partial charge in [0.2, 0.25) is 0 Å². The zero-order valence-electron chi connectivity index (χ0n) is 12.2. The smallest absolute Gasteiger partial charge is 0.148 e. The minimum absolute atomic E-state index is 0.470. The molecule has 0 saturated heterocycles. The average molecular weight is 285 g/mol. The van der Waals surface area contributed by atoms with Crippen molar-refractivity contribution < 1.29 is 0 Å². The van der Waals surface area contributed by atoms with E-state index in [1.54, 1.807) is 12.4 Å². The van der Waals surface area contributed by atoms with Crippen molar-refractivity contribution in [3.63, 3.8) is 0 Å². The monoisotopic (exact) mass is 285 g/mol. The van der Waals surface area contributed by atoms with Crippen molar-refractivity contribution in [3.05, 3.63) is 35.2 Å². The van der Waals surface area contributed by atoms with Gasteiger partial charge in [0.25, 0.3) is 0 Å². The van der Waals surface area contributed by atoms with Crippen LogP contribution in [0.4, 0.5) is 11.6 Å². The molecule has 2 aromatic rings. The Balaban J connectivity index is 1.80. The summed E-state index contributed by atoms with van der Waals surface area (Å²) in [6, 6.07) is 0. The van der Waals surface area contributed by atoms with E-state index in [1.165, 1.54) is 0 Å². The zero-order valence-corrected chi connectivity index (χ0v) is 12.2. The van der Waals surface area contributed by atoms with E-state index in [2.05, 4.69) is 30.7 Å². The molecule has 7 heteroatoms. The molecular weight excluding hydrogens is 266 g/mol.